The number of unbranched alkanes of at least 4 members (excludes halogenated alkanes) is 6. The van der Waals surface area contributed by atoms with E-state index in [1.54, 1.807) is 33.9 Å². The number of ether oxygens (including phenoxy) is 3. The Bertz CT molecular complexity index is 1190. The molecule has 1 aromatic carbocycles. The number of nitrogens with one attached hydrogen (secondary N) is 2. The van der Waals surface area contributed by atoms with Crippen molar-refractivity contribution in [3.63, 3.8) is 0 Å². The first-order valence-corrected chi connectivity index (χ1v) is 16.4. The number of aromatic nitrogens is 1. The number of rotatable bonds is 21. The van der Waals surface area contributed by atoms with Crippen LogP contribution in [0.25, 0.3) is 10.9 Å². The number of hydrogen-bond acceptors (Lipinski definition) is 5. The summed E-state index contributed by atoms with van der Waals surface area (Å²) in [7, 11) is 0. The number of hydrogen-bond donors (Lipinski definition) is 2. The van der Waals surface area contributed by atoms with Crippen molar-refractivity contribution in [2.45, 2.75) is 116 Å². The van der Waals surface area contributed by atoms with Crippen LogP contribution >= 0.6 is 0 Å². The number of allylic oxidation sites excluding steroid dienone is 6. The zero-order valence-electron chi connectivity index (χ0n) is 27.8. The Hall–Kier alpha value is -3.32. The standard InChI is InChI=1S/C37H56N2O5/c1-6-7-8-9-10-11-12-13-14-15-16-17-18-19-20-23-27-42-28-24-29-43-34(40)37(5,39-35(41)44-36(2,3)4)32-30-38-33-26-22-21-25-31(32)33/h10-11,13-14,16-17,21-22,25-26,30,38H,6-9,12,15,18-20,23-24,27-29H2,1-5H3,(H,39,41). The van der Waals surface area contributed by atoms with E-state index in [9.17, 15) is 9.59 Å². The second-order valence-electron chi connectivity index (χ2n) is 12.3. The molecular weight excluding hydrogens is 552 g/mol. The minimum atomic E-state index is -1.43. The second kappa shape index (κ2) is 20.6. The summed E-state index contributed by atoms with van der Waals surface area (Å²) in [5.74, 6) is -0.550. The summed E-state index contributed by atoms with van der Waals surface area (Å²) in [5.41, 5.74) is -0.655. The van der Waals surface area contributed by atoms with Gasteiger partial charge < -0.3 is 24.5 Å². The highest BCUT2D eigenvalue weighted by Crippen LogP contribution is 2.30. The predicted octanol–water partition coefficient (Wildman–Crippen LogP) is 9.45. The molecule has 1 heterocycles. The molecule has 0 aliphatic heterocycles. The van der Waals surface area contributed by atoms with Gasteiger partial charge in [0.1, 0.15) is 5.60 Å². The molecule has 2 rings (SSSR count). The van der Waals surface area contributed by atoms with E-state index < -0.39 is 23.2 Å². The molecule has 244 valence electrons. The molecule has 0 saturated carbocycles. The van der Waals surface area contributed by atoms with Crippen LogP contribution in [0.4, 0.5) is 4.79 Å². The van der Waals surface area contributed by atoms with E-state index >= 15 is 0 Å². The Morgan fingerprint density at radius 1 is 0.795 bits per heavy atom. The minimum Gasteiger partial charge on any atom is -0.464 e. The molecule has 0 aliphatic rings. The zero-order chi connectivity index (χ0) is 32.1. The summed E-state index contributed by atoms with van der Waals surface area (Å²) in [6.07, 6.45) is 26.7. The van der Waals surface area contributed by atoms with E-state index in [2.05, 4.69) is 53.7 Å². The van der Waals surface area contributed by atoms with Crippen LogP contribution in [0.2, 0.25) is 0 Å². The quantitative estimate of drug-likeness (QED) is 0.0837. The van der Waals surface area contributed by atoms with Crippen molar-refractivity contribution in [1.82, 2.24) is 10.3 Å². The van der Waals surface area contributed by atoms with Crippen LogP contribution in [0.3, 0.4) is 0 Å². The van der Waals surface area contributed by atoms with Crippen molar-refractivity contribution >= 4 is 23.0 Å². The Kier molecular flexibility index (Phi) is 17.3. The van der Waals surface area contributed by atoms with Gasteiger partial charge in [-0.2, -0.15) is 0 Å². The van der Waals surface area contributed by atoms with Crippen LogP contribution in [0, 0.1) is 0 Å². The van der Waals surface area contributed by atoms with Crippen LogP contribution in [0.15, 0.2) is 66.9 Å². The number of alkyl carbamates (subject to hydrolysis) is 1. The number of carbonyl (C=O) groups excluding carboxylic acids is 2. The zero-order valence-corrected chi connectivity index (χ0v) is 27.8. The molecule has 0 saturated heterocycles. The highest BCUT2D eigenvalue weighted by molar-refractivity contribution is 5.94. The lowest BCUT2D eigenvalue weighted by atomic mass is 9.91. The molecule has 7 nitrogen and oxygen atoms in total. The van der Waals surface area contributed by atoms with Crippen LogP contribution in [-0.2, 0) is 24.5 Å². The van der Waals surface area contributed by atoms with Crippen molar-refractivity contribution < 1.29 is 23.8 Å². The van der Waals surface area contributed by atoms with Gasteiger partial charge in [-0.1, -0.05) is 80.8 Å². The smallest absolute Gasteiger partial charge is 0.408 e. The lowest BCUT2D eigenvalue weighted by Crippen LogP contribution is -2.51. The van der Waals surface area contributed by atoms with Crippen LogP contribution in [-0.4, -0.2) is 42.5 Å². The SMILES string of the molecule is CCCCCC=CCC=CCC=CCCCCCOCCCOC(=O)C(C)(NC(=O)OC(C)(C)C)c1c[nH]c2ccccc12. The Morgan fingerprint density at radius 2 is 1.43 bits per heavy atom. The molecule has 0 bridgehead atoms. The number of H-pyrrole nitrogens is 1. The normalized spacial score (nSPS) is 13.7. The third-order valence-corrected chi connectivity index (χ3v) is 7.13. The number of benzene rings is 1. The third kappa shape index (κ3) is 14.4. The van der Waals surface area contributed by atoms with Crippen molar-refractivity contribution in [3.8, 4) is 0 Å². The van der Waals surface area contributed by atoms with E-state index in [4.69, 9.17) is 14.2 Å². The molecule has 0 spiro atoms. The molecule has 1 amide bonds. The average Bonchev–Trinajstić information content (AvgIpc) is 3.42. The Labute approximate surface area is 265 Å². The lowest BCUT2D eigenvalue weighted by molar-refractivity contribution is -0.151. The average molecular weight is 609 g/mol. The summed E-state index contributed by atoms with van der Waals surface area (Å²) in [5, 5.41) is 3.59. The molecule has 2 aromatic rings. The van der Waals surface area contributed by atoms with E-state index in [1.807, 2.05) is 24.3 Å². The third-order valence-electron chi connectivity index (χ3n) is 7.13. The summed E-state index contributed by atoms with van der Waals surface area (Å²) in [6, 6.07) is 7.62. The molecule has 2 N–H and O–H groups in total. The van der Waals surface area contributed by atoms with E-state index in [0.29, 0.717) is 25.2 Å². The maximum absolute atomic E-state index is 13.3. The fourth-order valence-corrected chi connectivity index (χ4v) is 4.73. The molecular formula is C37H56N2O5. The fourth-order valence-electron chi connectivity index (χ4n) is 4.73. The molecule has 7 heteroatoms. The minimum absolute atomic E-state index is 0.196. The van der Waals surface area contributed by atoms with E-state index in [1.165, 1.54) is 25.7 Å². The molecule has 0 aliphatic carbocycles. The monoisotopic (exact) mass is 608 g/mol. The number of amides is 1. The summed E-state index contributed by atoms with van der Waals surface area (Å²) < 4.78 is 16.8. The van der Waals surface area contributed by atoms with Crippen LogP contribution in [0.5, 0.6) is 0 Å². The number of para-hydroxylation sites is 1. The molecule has 0 fully saturated rings. The van der Waals surface area contributed by atoms with Crippen molar-refractivity contribution in [1.29, 1.82) is 0 Å². The number of aromatic amines is 1. The van der Waals surface area contributed by atoms with E-state index in [-0.39, 0.29) is 6.61 Å². The van der Waals surface area contributed by atoms with Crippen molar-refractivity contribution in [2.75, 3.05) is 19.8 Å². The van der Waals surface area contributed by atoms with Gasteiger partial charge in [0.15, 0.2) is 5.54 Å². The Morgan fingerprint density at radius 3 is 2.11 bits per heavy atom. The largest absolute Gasteiger partial charge is 0.464 e. The van der Waals surface area contributed by atoms with Gasteiger partial charge in [0.2, 0.25) is 0 Å². The Balaban J connectivity index is 1.62. The second-order valence-corrected chi connectivity index (χ2v) is 12.3. The molecule has 1 atom stereocenters. The first kappa shape index (κ1) is 36.9. The predicted molar refractivity (Wildman–Crippen MR) is 181 cm³/mol. The first-order valence-electron chi connectivity index (χ1n) is 16.4. The highest BCUT2D eigenvalue weighted by atomic mass is 16.6. The van der Waals surface area contributed by atoms with Crippen LogP contribution < -0.4 is 5.32 Å². The molecule has 0 radical (unpaired) electrons. The lowest BCUT2D eigenvalue weighted by Gasteiger charge is -2.30. The first-order chi connectivity index (χ1) is 21.2. The number of esters is 1. The summed E-state index contributed by atoms with van der Waals surface area (Å²) >= 11 is 0. The van der Waals surface area contributed by atoms with Gasteiger partial charge in [-0.3, -0.25) is 0 Å². The van der Waals surface area contributed by atoms with Gasteiger partial charge in [-0.25, -0.2) is 9.59 Å². The van der Waals surface area contributed by atoms with Gasteiger partial charge in [0, 0.05) is 42.3 Å². The van der Waals surface area contributed by atoms with Crippen molar-refractivity contribution in [3.05, 3.63) is 72.5 Å². The highest BCUT2D eigenvalue weighted by Gasteiger charge is 2.41. The topological polar surface area (TPSA) is 89.7 Å². The fraction of sp³-hybridized carbons (Fsp3) is 0.568. The molecule has 1 unspecified atom stereocenters. The van der Waals surface area contributed by atoms with Gasteiger partial charge in [0.05, 0.1) is 6.61 Å². The maximum atomic E-state index is 13.3. The van der Waals surface area contributed by atoms with Crippen LogP contribution in [0.1, 0.15) is 111 Å². The maximum Gasteiger partial charge on any atom is 0.408 e. The van der Waals surface area contributed by atoms with Gasteiger partial charge in [-0.05, 0) is 78.7 Å². The number of fused-ring (bicyclic) bond motifs is 1. The summed E-state index contributed by atoms with van der Waals surface area (Å²) in [4.78, 5) is 29.2. The van der Waals surface area contributed by atoms with Gasteiger partial charge in [-0.15, -0.1) is 0 Å². The summed E-state index contributed by atoms with van der Waals surface area (Å²) in [6.45, 7) is 10.6. The van der Waals surface area contributed by atoms with E-state index in [0.717, 1.165) is 49.4 Å². The van der Waals surface area contributed by atoms with Gasteiger partial charge >= 0.3 is 12.1 Å². The number of carbonyl (C=O) groups is 2. The molecule has 44 heavy (non-hydrogen) atoms. The molecule has 1 aromatic heterocycles. The van der Waals surface area contributed by atoms with Gasteiger partial charge in [0.25, 0.3) is 0 Å². The van der Waals surface area contributed by atoms with Crippen molar-refractivity contribution in [2.24, 2.45) is 0 Å².